The maximum absolute atomic E-state index is 10.7. The van der Waals surface area contributed by atoms with E-state index in [9.17, 15) is 10.1 Å². The Balaban J connectivity index is 1.89. The Bertz CT molecular complexity index is 742. The van der Waals surface area contributed by atoms with Crippen molar-refractivity contribution in [3.8, 4) is 0 Å². The Morgan fingerprint density at radius 1 is 1.50 bits per heavy atom. The maximum atomic E-state index is 10.7. The van der Waals surface area contributed by atoms with Crippen molar-refractivity contribution >= 4 is 29.1 Å². The minimum absolute atomic E-state index is 0.0272. The van der Waals surface area contributed by atoms with Crippen molar-refractivity contribution in [2.24, 2.45) is 0 Å². The molecule has 8 heteroatoms. The zero-order valence-electron chi connectivity index (χ0n) is 11.6. The van der Waals surface area contributed by atoms with Gasteiger partial charge in [0.05, 0.1) is 9.95 Å². The van der Waals surface area contributed by atoms with Gasteiger partial charge in [0, 0.05) is 29.5 Å². The van der Waals surface area contributed by atoms with Crippen LogP contribution in [0.5, 0.6) is 0 Å². The molecule has 114 valence electrons. The van der Waals surface area contributed by atoms with E-state index in [2.05, 4.69) is 16.8 Å². The predicted octanol–water partition coefficient (Wildman–Crippen LogP) is 4.05. The minimum Gasteiger partial charge on any atom is -0.302 e. The van der Waals surface area contributed by atoms with E-state index in [-0.39, 0.29) is 5.69 Å². The summed E-state index contributed by atoms with van der Waals surface area (Å²) in [6.07, 6.45) is 4.08. The molecule has 1 aliphatic rings. The molecule has 22 heavy (non-hydrogen) atoms. The summed E-state index contributed by atoms with van der Waals surface area (Å²) in [5.41, 5.74) is -0.0272. The van der Waals surface area contributed by atoms with Crippen molar-refractivity contribution in [3.05, 3.63) is 51.8 Å². The van der Waals surface area contributed by atoms with E-state index in [0.717, 1.165) is 23.8 Å². The highest BCUT2D eigenvalue weighted by atomic mass is 35.5. The molecule has 2 aromatic rings. The first-order chi connectivity index (χ1) is 10.6. The van der Waals surface area contributed by atoms with Crippen LogP contribution < -0.4 is 0 Å². The van der Waals surface area contributed by atoms with E-state index in [1.54, 1.807) is 12.1 Å². The molecule has 1 aromatic heterocycles. The Kier molecular flexibility index (Phi) is 4.17. The normalized spacial score (nSPS) is 14.0. The first kappa shape index (κ1) is 15.1. The van der Waals surface area contributed by atoms with Gasteiger partial charge in [-0.15, -0.1) is 16.8 Å². The lowest BCUT2D eigenvalue weighted by Gasteiger charge is -2.07. The van der Waals surface area contributed by atoms with E-state index in [1.165, 1.54) is 23.9 Å². The number of aromatic nitrogens is 3. The van der Waals surface area contributed by atoms with Gasteiger partial charge in [-0.25, -0.2) is 0 Å². The lowest BCUT2D eigenvalue weighted by atomic mass is 10.3. The van der Waals surface area contributed by atoms with Crippen LogP contribution in [0.15, 0.2) is 40.9 Å². The topological polar surface area (TPSA) is 73.8 Å². The molecule has 0 spiro atoms. The maximum Gasteiger partial charge on any atom is 0.270 e. The fraction of sp³-hybridized carbons (Fsp3) is 0.286. The van der Waals surface area contributed by atoms with Crippen LogP contribution in [0.1, 0.15) is 24.6 Å². The van der Waals surface area contributed by atoms with Gasteiger partial charge in [-0.05, 0) is 30.7 Å². The monoisotopic (exact) mass is 336 g/mol. The average molecular weight is 337 g/mol. The summed E-state index contributed by atoms with van der Waals surface area (Å²) >= 11 is 7.49. The van der Waals surface area contributed by atoms with E-state index in [1.807, 2.05) is 4.57 Å². The second-order valence-electron chi connectivity index (χ2n) is 4.99. The average Bonchev–Trinajstić information content (AvgIpc) is 3.25. The number of allylic oxidation sites excluding steroid dienone is 1. The predicted molar refractivity (Wildman–Crippen MR) is 84.4 cm³/mol. The van der Waals surface area contributed by atoms with Gasteiger partial charge in [0.25, 0.3) is 5.69 Å². The summed E-state index contributed by atoms with van der Waals surface area (Å²) in [7, 11) is 0. The van der Waals surface area contributed by atoms with Gasteiger partial charge >= 0.3 is 0 Å². The van der Waals surface area contributed by atoms with Crippen molar-refractivity contribution < 1.29 is 4.92 Å². The molecule has 3 rings (SSSR count). The summed E-state index contributed by atoms with van der Waals surface area (Å²) < 4.78 is 2.02. The van der Waals surface area contributed by atoms with Gasteiger partial charge in [-0.1, -0.05) is 17.7 Å². The second-order valence-corrected chi connectivity index (χ2v) is 6.40. The van der Waals surface area contributed by atoms with Gasteiger partial charge in [0.1, 0.15) is 5.82 Å². The quantitative estimate of drug-likeness (QED) is 0.452. The van der Waals surface area contributed by atoms with Crippen molar-refractivity contribution in [3.63, 3.8) is 0 Å². The molecular formula is C14H13ClN4O2S. The fourth-order valence-electron chi connectivity index (χ4n) is 2.10. The molecule has 0 aliphatic heterocycles. The number of rotatable bonds is 6. The highest BCUT2D eigenvalue weighted by Gasteiger charge is 2.30. The second kappa shape index (κ2) is 6.10. The van der Waals surface area contributed by atoms with Crippen molar-refractivity contribution in [2.45, 2.75) is 35.4 Å². The zero-order chi connectivity index (χ0) is 15.7. The molecule has 1 saturated carbocycles. The molecule has 6 nitrogen and oxygen atoms in total. The number of benzene rings is 1. The molecule has 0 N–H and O–H groups in total. The highest BCUT2D eigenvalue weighted by molar-refractivity contribution is 7.99. The van der Waals surface area contributed by atoms with Crippen LogP contribution in [0.25, 0.3) is 0 Å². The number of halogens is 1. The zero-order valence-corrected chi connectivity index (χ0v) is 13.2. The van der Waals surface area contributed by atoms with Crippen LogP contribution in [0, 0.1) is 10.1 Å². The number of nitro groups is 1. The van der Waals surface area contributed by atoms with Crippen LogP contribution in [0.2, 0.25) is 5.02 Å². The molecule has 1 fully saturated rings. The number of hydrogen-bond donors (Lipinski definition) is 0. The summed E-state index contributed by atoms with van der Waals surface area (Å²) in [6, 6.07) is 4.42. The number of non-ortho nitro benzene ring substituents is 1. The van der Waals surface area contributed by atoms with Gasteiger partial charge in [-0.2, -0.15) is 0 Å². The SMILES string of the molecule is C=CCn1c(Sc2ccc([N+](=O)[O-])cc2Cl)nnc1C1CC1. The van der Waals surface area contributed by atoms with Gasteiger partial charge in [-0.3, -0.25) is 10.1 Å². The van der Waals surface area contributed by atoms with Crippen molar-refractivity contribution in [1.29, 1.82) is 0 Å². The minimum atomic E-state index is -0.467. The van der Waals surface area contributed by atoms with Crippen LogP contribution in [-0.4, -0.2) is 19.7 Å². The molecular weight excluding hydrogens is 324 g/mol. The van der Waals surface area contributed by atoms with Gasteiger partial charge < -0.3 is 4.57 Å². The molecule has 1 heterocycles. The first-order valence-corrected chi connectivity index (χ1v) is 7.95. The van der Waals surface area contributed by atoms with Gasteiger partial charge in [0.2, 0.25) is 0 Å². The summed E-state index contributed by atoms with van der Waals surface area (Å²) in [6.45, 7) is 4.40. The number of nitrogens with zero attached hydrogens (tertiary/aromatic N) is 4. The summed E-state index contributed by atoms with van der Waals surface area (Å²) in [5.74, 6) is 1.45. The Morgan fingerprint density at radius 2 is 2.27 bits per heavy atom. The number of hydrogen-bond acceptors (Lipinski definition) is 5. The van der Waals surface area contributed by atoms with Crippen LogP contribution in [-0.2, 0) is 6.54 Å². The molecule has 0 radical (unpaired) electrons. The molecule has 0 amide bonds. The summed E-state index contributed by atoms with van der Waals surface area (Å²) in [5, 5.41) is 20.3. The van der Waals surface area contributed by atoms with Crippen LogP contribution in [0.3, 0.4) is 0 Å². The highest BCUT2D eigenvalue weighted by Crippen LogP contribution is 2.41. The largest absolute Gasteiger partial charge is 0.302 e. The lowest BCUT2D eigenvalue weighted by Crippen LogP contribution is -2.02. The molecule has 1 aliphatic carbocycles. The van der Waals surface area contributed by atoms with E-state index in [4.69, 9.17) is 11.6 Å². The van der Waals surface area contributed by atoms with Crippen molar-refractivity contribution in [1.82, 2.24) is 14.8 Å². The van der Waals surface area contributed by atoms with Crippen molar-refractivity contribution in [2.75, 3.05) is 0 Å². The Morgan fingerprint density at radius 3 is 2.86 bits per heavy atom. The number of nitro benzene ring substituents is 1. The molecule has 0 saturated heterocycles. The lowest BCUT2D eigenvalue weighted by molar-refractivity contribution is -0.384. The molecule has 0 atom stereocenters. The summed E-state index contributed by atoms with van der Waals surface area (Å²) in [4.78, 5) is 11.0. The molecule has 0 bridgehead atoms. The fourth-order valence-corrected chi connectivity index (χ4v) is 3.24. The first-order valence-electron chi connectivity index (χ1n) is 6.76. The molecule has 0 unspecified atom stereocenters. The third-order valence-electron chi connectivity index (χ3n) is 3.33. The van der Waals surface area contributed by atoms with E-state index in [0.29, 0.717) is 22.4 Å². The third-order valence-corrected chi connectivity index (χ3v) is 4.81. The Labute approximate surface area is 136 Å². The van der Waals surface area contributed by atoms with Crippen LogP contribution in [0.4, 0.5) is 5.69 Å². The Hall–Kier alpha value is -1.86. The standard InChI is InChI=1S/C14H13ClN4O2S/c1-2-7-18-13(9-3-4-9)16-17-14(18)22-12-6-5-10(19(20)21)8-11(12)15/h2,5-6,8-9H,1,3-4,7H2. The van der Waals surface area contributed by atoms with Crippen LogP contribution >= 0.6 is 23.4 Å². The third kappa shape index (κ3) is 3.00. The van der Waals surface area contributed by atoms with E-state index < -0.39 is 4.92 Å². The smallest absolute Gasteiger partial charge is 0.270 e. The van der Waals surface area contributed by atoms with E-state index >= 15 is 0 Å². The molecule has 1 aromatic carbocycles. The van der Waals surface area contributed by atoms with Gasteiger partial charge in [0.15, 0.2) is 5.16 Å².